The predicted octanol–water partition coefficient (Wildman–Crippen LogP) is 3.03. The van der Waals surface area contributed by atoms with Gasteiger partial charge in [0.1, 0.15) is 10.6 Å². The monoisotopic (exact) mass is 263 g/mol. The molecule has 0 bridgehead atoms. The number of nitrogens with one attached hydrogen (secondary N) is 1. The van der Waals surface area contributed by atoms with Crippen molar-refractivity contribution >= 4 is 23.0 Å². The molecule has 0 aliphatic carbocycles. The van der Waals surface area contributed by atoms with Crippen LogP contribution in [0.15, 0.2) is 18.2 Å². The minimum Gasteiger partial charge on any atom is -0.598 e. The Balaban J connectivity index is 2.65. The third-order valence-electron chi connectivity index (χ3n) is 1.98. The molecule has 5 heteroatoms. The Morgan fingerprint density at radius 1 is 1.44 bits per heavy atom. The summed E-state index contributed by atoms with van der Waals surface area (Å²) in [4.78, 5) is 0. The quantitative estimate of drug-likeness (QED) is 0.851. The first-order valence-corrected chi connectivity index (χ1v) is 6.43. The number of rotatable bonds is 3. The van der Waals surface area contributed by atoms with Gasteiger partial charge in [0.25, 0.3) is 0 Å². The summed E-state index contributed by atoms with van der Waals surface area (Å²) in [6, 6.07) is 4.78. The van der Waals surface area contributed by atoms with Gasteiger partial charge in [-0.2, -0.15) is 0 Å². The molecule has 0 radical (unpaired) electrons. The minimum atomic E-state index is -1.21. The number of hydrogen-bond acceptors (Lipinski definition) is 2. The van der Waals surface area contributed by atoms with E-state index in [-0.39, 0.29) is 16.3 Å². The highest BCUT2D eigenvalue weighted by Gasteiger charge is 2.26. The zero-order valence-corrected chi connectivity index (χ0v) is 11.1. The van der Waals surface area contributed by atoms with E-state index >= 15 is 0 Å². The van der Waals surface area contributed by atoms with Gasteiger partial charge in [0.2, 0.25) is 0 Å². The fourth-order valence-electron chi connectivity index (χ4n) is 1.04. The normalized spacial score (nSPS) is 13.9. The molecule has 1 rings (SSSR count). The molecule has 0 amide bonds. The first-order valence-electron chi connectivity index (χ1n) is 4.90. The Morgan fingerprint density at radius 2 is 2.06 bits per heavy atom. The summed E-state index contributed by atoms with van der Waals surface area (Å²) >= 11 is 4.43. The molecule has 0 aromatic heterocycles. The van der Waals surface area contributed by atoms with E-state index in [0.29, 0.717) is 5.56 Å². The van der Waals surface area contributed by atoms with E-state index in [9.17, 15) is 8.94 Å². The van der Waals surface area contributed by atoms with Crippen molar-refractivity contribution in [3.63, 3.8) is 0 Å². The highest BCUT2D eigenvalue weighted by atomic mass is 35.5. The summed E-state index contributed by atoms with van der Waals surface area (Å²) in [6.45, 7) is 5.76. The second-order valence-corrected chi connectivity index (χ2v) is 6.87. The molecule has 0 unspecified atom stereocenters. The fourth-order valence-corrected chi connectivity index (χ4v) is 1.96. The van der Waals surface area contributed by atoms with E-state index in [0.717, 1.165) is 0 Å². The van der Waals surface area contributed by atoms with Gasteiger partial charge in [0.15, 0.2) is 0 Å². The summed E-state index contributed by atoms with van der Waals surface area (Å²) in [6.07, 6.45) is 0. The molecule has 0 saturated heterocycles. The van der Waals surface area contributed by atoms with E-state index in [4.69, 9.17) is 11.6 Å². The zero-order chi connectivity index (χ0) is 12.3. The van der Waals surface area contributed by atoms with Crippen molar-refractivity contribution in [3.05, 3.63) is 34.6 Å². The van der Waals surface area contributed by atoms with Crippen LogP contribution in [0.2, 0.25) is 5.02 Å². The Labute approximate surface area is 104 Å². The fraction of sp³-hybridized carbons (Fsp3) is 0.455. The topological polar surface area (TPSA) is 35.1 Å². The summed E-state index contributed by atoms with van der Waals surface area (Å²) < 4.78 is 27.6. The molecule has 0 saturated carbocycles. The maximum atomic E-state index is 13.5. The number of halogens is 2. The van der Waals surface area contributed by atoms with Crippen LogP contribution in [0.3, 0.4) is 0 Å². The molecule has 0 aliphatic rings. The molecular formula is C11H15ClFNOS. The van der Waals surface area contributed by atoms with Crippen LogP contribution in [0.4, 0.5) is 4.39 Å². The molecule has 0 fully saturated rings. The van der Waals surface area contributed by atoms with Gasteiger partial charge in [-0.1, -0.05) is 23.7 Å². The molecule has 0 heterocycles. The summed E-state index contributed by atoms with van der Waals surface area (Å²) in [5.74, 6) is -0.456. The molecule has 90 valence electrons. The predicted molar refractivity (Wildman–Crippen MR) is 66.1 cm³/mol. The lowest BCUT2D eigenvalue weighted by molar-refractivity contribution is 0.540. The third kappa shape index (κ3) is 3.63. The molecular weight excluding hydrogens is 249 g/mol. The van der Waals surface area contributed by atoms with Crippen molar-refractivity contribution in [2.24, 2.45) is 0 Å². The van der Waals surface area contributed by atoms with Crippen molar-refractivity contribution in [1.82, 2.24) is 4.72 Å². The molecule has 1 aromatic carbocycles. The van der Waals surface area contributed by atoms with Crippen LogP contribution >= 0.6 is 11.6 Å². The largest absolute Gasteiger partial charge is 0.598 e. The van der Waals surface area contributed by atoms with E-state index in [1.165, 1.54) is 6.07 Å². The minimum absolute atomic E-state index is 0.0841. The van der Waals surface area contributed by atoms with Crippen LogP contribution in [0, 0.1) is 5.82 Å². The summed E-state index contributed by atoms with van der Waals surface area (Å²) in [5.41, 5.74) is 0.421. The van der Waals surface area contributed by atoms with Crippen LogP contribution < -0.4 is 4.72 Å². The molecule has 0 spiro atoms. The van der Waals surface area contributed by atoms with Crippen molar-refractivity contribution in [3.8, 4) is 0 Å². The van der Waals surface area contributed by atoms with Gasteiger partial charge in [0, 0.05) is 16.9 Å². The SMILES string of the molecule is CC(C)(C)[S@+]([O-])NCc1cccc(Cl)c1F. The van der Waals surface area contributed by atoms with Crippen LogP contribution in [-0.4, -0.2) is 9.30 Å². The number of benzene rings is 1. The first kappa shape index (κ1) is 13.8. The van der Waals surface area contributed by atoms with Crippen molar-refractivity contribution in [2.75, 3.05) is 0 Å². The van der Waals surface area contributed by atoms with Crippen molar-refractivity contribution in [2.45, 2.75) is 32.1 Å². The second-order valence-electron chi connectivity index (χ2n) is 4.42. The molecule has 1 N–H and O–H groups in total. The lowest BCUT2D eigenvalue weighted by atomic mass is 10.2. The maximum Gasteiger partial charge on any atom is 0.146 e. The van der Waals surface area contributed by atoms with Gasteiger partial charge in [-0.05, 0) is 26.8 Å². The average molecular weight is 264 g/mol. The van der Waals surface area contributed by atoms with Crippen LogP contribution in [0.1, 0.15) is 26.3 Å². The van der Waals surface area contributed by atoms with Crippen LogP contribution in [-0.2, 0) is 17.9 Å². The van der Waals surface area contributed by atoms with E-state index in [2.05, 4.69) is 4.72 Å². The average Bonchev–Trinajstić information content (AvgIpc) is 2.18. The molecule has 0 aliphatic heterocycles. The van der Waals surface area contributed by atoms with Gasteiger partial charge in [-0.3, -0.25) is 0 Å². The molecule has 1 atom stereocenters. The Hall–Kier alpha value is -0.290. The Morgan fingerprint density at radius 3 is 2.62 bits per heavy atom. The standard InChI is InChI=1S/C11H15ClFNOS/c1-11(2,3)16(15)14-7-8-5-4-6-9(12)10(8)13/h4-6,14H,7H2,1-3H3/t16-/m0/s1. The zero-order valence-electron chi connectivity index (χ0n) is 9.51. The number of hydrogen-bond donors (Lipinski definition) is 1. The van der Waals surface area contributed by atoms with Crippen LogP contribution in [0.5, 0.6) is 0 Å². The van der Waals surface area contributed by atoms with Crippen molar-refractivity contribution in [1.29, 1.82) is 0 Å². The Kier molecular flexibility index (Phi) is 4.62. The summed E-state index contributed by atoms with van der Waals surface area (Å²) in [7, 11) is 0. The van der Waals surface area contributed by atoms with E-state index in [1.54, 1.807) is 12.1 Å². The lowest BCUT2D eigenvalue weighted by Gasteiger charge is -2.23. The van der Waals surface area contributed by atoms with Gasteiger partial charge in [-0.15, -0.1) is 4.72 Å². The van der Waals surface area contributed by atoms with Crippen molar-refractivity contribution < 1.29 is 8.94 Å². The highest BCUT2D eigenvalue weighted by Crippen LogP contribution is 2.19. The summed E-state index contributed by atoms with van der Waals surface area (Å²) in [5, 5.41) is 0.0841. The van der Waals surface area contributed by atoms with Gasteiger partial charge >= 0.3 is 0 Å². The van der Waals surface area contributed by atoms with E-state index in [1.807, 2.05) is 20.8 Å². The molecule has 1 aromatic rings. The molecule has 2 nitrogen and oxygen atoms in total. The van der Waals surface area contributed by atoms with Gasteiger partial charge in [-0.25, -0.2) is 4.39 Å². The smallest absolute Gasteiger partial charge is 0.146 e. The van der Waals surface area contributed by atoms with Gasteiger partial charge in [0.05, 0.1) is 11.6 Å². The van der Waals surface area contributed by atoms with E-state index < -0.39 is 17.2 Å². The van der Waals surface area contributed by atoms with Crippen LogP contribution in [0.25, 0.3) is 0 Å². The maximum absolute atomic E-state index is 13.5. The molecule has 16 heavy (non-hydrogen) atoms. The first-order chi connectivity index (χ1) is 7.32. The van der Waals surface area contributed by atoms with Gasteiger partial charge < -0.3 is 4.55 Å². The Bertz CT molecular complexity index is 367. The third-order valence-corrected chi connectivity index (χ3v) is 3.79. The highest BCUT2D eigenvalue weighted by molar-refractivity contribution is 7.90. The lowest BCUT2D eigenvalue weighted by Crippen LogP contribution is -2.39. The second kappa shape index (κ2) is 5.36.